The molecule has 0 aliphatic rings. The Labute approximate surface area is 211 Å². The van der Waals surface area contributed by atoms with Gasteiger partial charge in [0.25, 0.3) is 0 Å². The van der Waals surface area contributed by atoms with Crippen molar-refractivity contribution in [2.45, 2.75) is 44.7 Å². The van der Waals surface area contributed by atoms with Crippen LogP contribution in [0.4, 0.5) is 39.5 Å². The first kappa shape index (κ1) is 29.1. The van der Waals surface area contributed by atoms with Crippen LogP contribution in [-0.2, 0) is 23.3 Å². The van der Waals surface area contributed by atoms with E-state index in [-0.39, 0.29) is 40.7 Å². The van der Waals surface area contributed by atoms with Crippen LogP contribution < -0.4 is 0 Å². The lowest BCUT2D eigenvalue weighted by Crippen LogP contribution is -2.14. The molecule has 0 aliphatic carbocycles. The molecule has 3 aromatic rings. The number of halogens is 9. The van der Waals surface area contributed by atoms with Gasteiger partial charge >= 0.3 is 24.5 Å². The molecule has 3 aromatic carbocycles. The maximum Gasteiger partial charge on any atom is 0.416 e. The summed E-state index contributed by atoms with van der Waals surface area (Å²) >= 11 is 0. The second-order valence-corrected chi connectivity index (χ2v) is 9.23. The number of carboxylic acid groups (broad SMARTS) is 1. The van der Waals surface area contributed by atoms with Gasteiger partial charge in [0.15, 0.2) is 0 Å². The summed E-state index contributed by atoms with van der Waals surface area (Å²) in [5.74, 6) is -2.58. The van der Waals surface area contributed by atoms with Crippen molar-refractivity contribution in [3.63, 3.8) is 0 Å². The highest BCUT2D eigenvalue weighted by Crippen LogP contribution is 2.41. The molecule has 204 valence electrons. The maximum atomic E-state index is 13.4. The molecule has 1 N–H and O–H groups in total. The summed E-state index contributed by atoms with van der Waals surface area (Å²) < 4.78 is 120. The van der Waals surface area contributed by atoms with Gasteiger partial charge in [-0.15, -0.1) is 0 Å². The standard InChI is InChI=1S/C27H21F9O2/c1-14(2)7-23(24(37)38)19-9-16(15-3-5-20(6-4-15)25(28,29)30)8-17(10-19)18-11-21(26(31,32)33)13-22(12-18)27(34,35)36/h3-6,8-14,23H,7H2,1-2H3,(H,37,38)/t23-/m1/s1. The van der Waals surface area contributed by atoms with Crippen molar-refractivity contribution in [2.75, 3.05) is 0 Å². The molecule has 3 rings (SSSR count). The van der Waals surface area contributed by atoms with Gasteiger partial charge in [0, 0.05) is 0 Å². The minimum atomic E-state index is -5.11. The first-order valence-corrected chi connectivity index (χ1v) is 11.2. The van der Waals surface area contributed by atoms with E-state index < -0.39 is 52.7 Å². The van der Waals surface area contributed by atoms with Gasteiger partial charge in [0.1, 0.15) is 0 Å². The Morgan fingerprint density at radius 2 is 1.05 bits per heavy atom. The molecule has 0 saturated carbocycles. The average molecular weight is 548 g/mol. The van der Waals surface area contributed by atoms with Crippen LogP contribution in [0.15, 0.2) is 60.7 Å². The third-order valence-electron chi connectivity index (χ3n) is 5.83. The number of carboxylic acids is 1. The molecule has 38 heavy (non-hydrogen) atoms. The van der Waals surface area contributed by atoms with Crippen LogP contribution in [-0.4, -0.2) is 11.1 Å². The SMILES string of the molecule is CC(C)C[C@@H](C(=O)O)c1cc(-c2ccc(C(F)(F)F)cc2)cc(-c2cc(C(F)(F)F)cc(C(F)(F)F)c2)c1. The van der Waals surface area contributed by atoms with E-state index in [0.717, 1.165) is 24.3 Å². The van der Waals surface area contributed by atoms with Crippen molar-refractivity contribution in [1.29, 1.82) is 0 Å². The van der Waals surface area contributed by atoms with E-state index >= 15 is 0 Å². The molecular formula is C27H21F9O2. The normalized spacial score (nSPS) is 13.6. The Balaban J connectivity index is 2.30. The second-order valence-electron chi connectivity index (χ2n) is 9.23. The molecule has 0 aliphatic heterocycles. The molecule has 1 atom stereocenters. The molecule has 11 heteroatoms. The molecule has 2 nitrogen and oxygen atoms in total. The van der Waals surface area contributed by atoms with Crippen molar-refractivity contribution in [3.05, 3.63) is 82.9 Å². The first-order valence-electron chi connectivity index (χ1n) is 11.2. The highest BCUT2D eigenvalue weighted by molar-refractivity contribution is 5.81. The Morgan fingerprint density at radius 1 is 0.632 bits per heavy atom. The first-order chi connectivity index (χ1) is 17.4. The van der Waals surface area contributed by atoms with Crippen LogP contribution in [0, 0.1) is 5.92 Å². The van der Waals surface area contributed by atoms with Gasteiger partial charge in [-0.25, -0.2) is 0 Å². The van der Waals surface area contributed by atoms with Crippen LogP contribution in [0.5, 0.6) is 0 Å². The number of hydrogen-bond donors (Lipinski definition) is 1. The molecule has 0 amide bonds. The summed E-state index contributed by atoms with van der Waals surface area (Å²) in [6.07, 6.45) is -14.7. The van der Waals surface area contributed by atoms with E-state index in [0.29, 0.717) is 12.1 Å². The van der Waals surface area contributed by atoms with Crippen LogP contribution in [0.1, 0.15) is 48.4 Å². The summed E-state index contributed by atoms with van der Waals surface area (Å²) in [4.78, 5) is 12.0. The van der Waals surface area contributed by atoms with Gasteiger partial charge in [-0.3, -0.25) is 4.79 Å². The summed E-state index contributed by atoms with van der Waals surface area (Å²) in [7, 11) is 0. The number of benzene rings is 3. The van der Waals surface area contributed by atoms with Crippen LogP contribution >= 0.6 is 0 Å². The summed E-state index contributed by atoms with van der Waals surface area (Å²) in [5, 5.41) is 9.80. The van der Waals surface area contributed by atoms with Gasteiger partial charge in [-0.05, 0) is 76.6 Å². The van der Waals surface area contributed by atoms with Crippen LogP contribution in [0.25, 0.3) is 22.3 Å². The monoisotopic (exact) mass is 548 g/mol. The van der Waals surface area contributed by atoms with Crippen molar-refractivity contribution in [2.24, 2.45) is 5.92 Å². The molecule has 0 heterocycles. The third-order valence-corrected chi connectivity index (χ3v) is 5.83. The van der Waals surface area contributed by atoms with Crippen molar-refractivity contribution < 1.29 is 49.4 Å². The molecule has 0 spiro atoms. The zero-order valence-electron chi connectivity index (χ0n) is 19.9. The maximum absolute atomic E-state index is 13.4. The predicted octanol–water partition coefficient (Wildman–Crippen LogP) is 9.29. The van der Waals surface area contributed by atoms with E-state index in [1.54, 1.807) is 13.8 Å². The minimum Gasteiger partial charge on any atom is -0.481 e. The zero-order chi connectivity index (χ0) is 28.6. The lowest BCUT2D eigenvalue weighted by atomic mass is 9.86. The second kappa shape index (κ2) is 10.3. The summed E-state index contributed by atoms with van der Waals surface area (Å²) in [6.45, 7) is 3.47. The number of aliphatic carboxylic acids is 1. The smallest absolute Gasteiger partial charge is 0.416 e. The molecule has 0 bridgehead atoms. The van der Waals surface area contributed by atoms with Crippen molar-refractivity contribution >= 4 is 5.97 Å². The molecule has 0 saturated heterocycles. The lowest BCUT2D eigenvalue weighted by Gasteiger charge is -2.19. The Morgan fingerprint density at radius 3 is 1.45 bits per heavy atom. The fraction of sp³-hybridized carbons (Fsp3) is 0.296. The fourth-order valence-corrected chi connectivity index (χ4v) is 4.01. The van der Waals surface area contributed by atoms with Gasteiger partial charge in [-0.2, -0.15) is 39.5 Å². The van der Waals surface area contributed by atoms with E-state index in [9.17, 15) is 49.4 Å². The van der Waals surface area contributed by atoms with Gasteiger partial charge in [0.2, 0.25) is 0 Å². The Kier molecular flexibility index (Phi) is 7.91. The lowest BCUT2D eigenvalue weighted by molar-refractivity contribution is -0.143. The summed E-state index contributed by atoms with van der Waals surface area (Å²) in [5.41, 5.74) is -4.32. The third kappa shape index (κ3) is 6.87. The van der Waals surface area contributed by atoms with Gasteiger partial charge < -0.3 is 5.11 Å². The van der Waals surface area contributed by atoms with Gasteiger partial charge in [-0.1, -0.05) is 38.1 Å². The number of carbonyl (C=O) groups is 1. The number of alkyl halides is 9. The molecule has 0 radical (unpaired) electrons. The van der Waals surface area contributed by atoms with E-state index in [1.165, 1.54) is 18.2 Å². The minimum absolute atomic E-state index is 0.0249. The number of hydrogen-bond acceptors (Lipinski definition) is 1. The molecule has 0 fully saturated rings. The summed E-state index contributed by atoms with van der Waals surface area (Å²) in [6, 6.07) is 8.53. The fourth-order valence-electron chi connectivity index (χ4n) is 4.01. The van der Waals surface area contributed by atoms with E-state index in [1.807, 2.05) is 0 Å². The van der Waals surface area contributed by atoms with Crippen molar-refractivity contribution in [3.8, 4) is 22.3 Å². The van der Waals surface area contributed by atoms with E-state index in [4.69, 9.17) is 0 Å². The zero-order valence-corrected chi connectivity index (χ0v) is 19.9. The number of rotatable bonds is 6. The largest absolute Gasteiger partial charge is 0.481 e. The topological polar surface area (TPSA) is 37.3 Å². The Hall–Kier alpha value is -3.50. The van der Waals surface area contributed by atoms with Crippen LogP contribution in [0.3, 0.4) is 0 Å². The molecule has 0 unspecified atom stereocenters. The van der Waals surface area contributed by atoms with Crippen molar-refractivity contribution in [1.82, 2.24) is 0 Å². The predicted molar refractivity (Wildman–Crippen MR) is 122 cm³/mol. The van der Waals surface area contributed by atoms with E-state index in [2.05, 4.69) is 0 Å². The Bertz CT molecular complexity index is 1270. The van der Waals surface area contributed by atoms with Gasteiger partial charge in [0.05, 0.1) is 22.6 Å². The van der Waals surface area contributed by atoms with Crippen LogP contribution in [0.2, 0.25) is 0 Å². The quantitative estimate of drug-likeness (QED) is 0.312. The highest BCUT2D eigenvalue weighted by atomic mass is 19.4. The molecule has 0 aromatic heterocycles. The molecular weight excluding hydrogens is 527 g/mol. The average Bonchev–Trinajstić information content (AvgIpc) is 2.80. The highest BCUT2D eigenvalue weighted by Gasteiger charge is 2.37.